The Morgan fingerprint density at radius 1 is 1.19 bits per heavy atom. The monoisotopic (exact) mass is 315 g/mol. The summed E-state index contributed by atoms with van der Waals surface area (Å²) in [6.45, 7) is 0.704. The number of thiazole rings is 1. The van der Waals surface area contributed by atoms with Gasteiger partial charge in [-0.05, 0) is 36.5 Å². The Labute approximate surface area is 131 Å². The molecule has 106 valence electrons. The third-order valence-electron chi connectivity index (χ3n) is 2.81. The molecule has 0 spiro atoms. The van der Waals surface area contributed by atoms with Crippen LogP contribution < -0.4 is 10.6 Å². The van der Waals surface area contributed by atoms with Crippen molar-refractivity contribution < 1.29 is 0 Å². The second-order valence-corrected chi connectivity index (χ2v) is 5.77. The first-order chi connectivity index (χ1) is 10.3. The fourth-order valence-corrected chi connectivity index (χ4v) is 2.97. The SMILES string of the molecule is S=C(NCCc1cccnn1)Nc1nc2ccccc2s1. The molecule has 0 amide bonds. The second-order valence-electron chi connectivity index (χ2n) is 4.33. The first kappa shape index (κ1) is 13.8. The molecule has 21 heavy (non-hydrogen) atoms. The third-order valence-corrected chi connectivity index (χ3v) is 4.01. The summed E-state index contributed by atoms with van der Waals surface area (Å²) in [7, 11) is 0. The van der Waals surface area contributed by atoms with E-state index in [1.807, 2.05) is 36.4 Å². The van der Waals surface area contributed by atoms with Crippen LogP contribution in [0, 0.1) is 0 Å². The van der Waals surface area contributed by atoms with Gasteiger partial charge in [0, 0.05) is 19.2 Å². The van der Waals surface area contributed by atoms with Crippen LogP contribution >= 0.6 is 23.6 Å². The summed E-state index contributed by atoms with van der Waals surface area (Å²) in [6.07, 6.45) is 2.44. The lowest BCUT2D eigenvalue weighted by molar-refractivity contribution is 0.818. The molecule has 5 nitrogen and oxygen atoms in total. The van der Waals surface area contributed by atoms with Gasteiger partial charge in [0.05, 0.1) is 15.9 Å². The lowest BCUT2D eigenvalue weighted by Gasteiger charge is -2.07. The molecule has 0 aliphatic heterocycles. The zero-order valence-electron chi connectivity index (χ0n) is 11.1. The standard InChI is InChI=1S/C14H13N5S2/c20-13(15-9-7-10-4-3-8-16-19-10)18-14-17-11-5-1-2-6-12(11)21-14/h1-6,8H,7,9H2,(H2,15,17,18,20). The summed E-state index contributed by atoms with van der Waals surface area (Å²) >= 11 is 6.85. The quantitative estimate of drug-likeness (QED) is 0.722. The number of hydrogen-bond donors (Lipinski definition) is 2. The van der Waals surface area contributed by atoms with E-state index in [0.717, 1.165) is 27.5 Å². The van der Waals surface area contributed by atoms with Gasteiger partial charge in [-0.1, -0.05) is 23.5 Å². The van der Waals surface area contributed by atoms with Gasteiger partial charge < -0.3 is 10.6 Å². The molecule has 0 fully saturated rings. The Bertz CT molecular complexity index is 708. The molecule has 0 saturated heterocycles. The van der Waals surface area contributed by atoms with Crippen LogP contribution in [0.1, 0.15) is 5.69 Å². The molecule has 0 aliphatic carbocycles. The molecule has 2 heterocycles. The number of hydrogen-bond acceptors (Lipinski definition) is 5. The summed E-state index contributed by atoms with van der Waals surface area (Å²) in [5, 5.41) is 15.5. The second kappa shape index (κ2) is 6.55. The van der Waals surface area contributed by atoms with Gasteiger partial charge in [-0.15, -0.1) is 0 Å². The van der Waals surface area contributed by atoms with Gasteiger partial charge >= 0.3 is 0 Å². The van der Waals surface area contributed by atoms with Gasteiger partial charge in [-0.2, -0.15) is 10.2 Å². The molecule has 3 rings (SSSR count). The van der Waals surface area contributed by atoms with E-state index >= 15 is 0 Å². The largest absolute Gasteiger partial charge is 0.362 e. The molecule has 0 radical (unpaired) electrons. The number of aromatic nitrogens is 3. The van der Waals surface area contributed by atoms with E-state index in [4.69, 9.17) is 12.2 Å². The summed E-state index contributed by atoms with van der Waals surface area (Å²) in [4.78, 5) is 4.48. The summed E-state index contributed by atoms with van der Waals surface area (Å²) in [5.74, 6) is 0. The average Bonchev–Trinajstić information content (AvgIpc) is 2.90. The number of anilines is 1. The van der Waals surface area contributed by atoms with Gasteiger partial charge in [0.2, 0.25) is 0 Å². The zero-order chi connectivity index (χ0) is 14.5. The zero-order valence-corrected chi connectivity index (χ0v) is 12.7. The number of nitrogens with one attached hydrogen (secondary N) is 2. The van der Waals surface area contributed by atoms with Crippen LogP contribution in [0.4, 0.5) is 5.13 Å². The fraction of sp³-hybridized carbons (Fsp3) is 0.143. The molecule has 2 aromatic heterocycles. The maximum atomic E-state index is 5.26. The Morgan fingerprint density at radius 2 is 2.10 bits per heavy atom. The summed E-state index contributed by atoms with van der Waals surface area (Å²) < 4.78 is 1.14. The van der Waals surface area contributed by atoms with Crippen LogP contribution in [-0.2, 0) is 6.42 Å². The molecule has 0 saturated carbocycles. The number of rotatable bonds is 4. The van der Waals surface area contributed by atoms with Crippen molar-refractivity contribution in [2.45, 2.75) is 6.42 Å². The van der Waals surface area contributed by atoms with Crippen LogP contribution in [0.25, 0.3) is 10.2 Å². The van der Waals surface area contributed by atoms with Gasteiger partial charge in [0.15, 0.2) is 10.2 Å². The van der Waals surface area contributed by atoms with E-state index in [9.17, 15) is 0 Å². The van der Waals surface area contributed by atoms with E-state index in [0.29, 0.717) is 11.7 Å². The molecular weight excluding hydrogens is 302 g/mol. The van der Waals surface area contributed by atoms with Crippen molar-refractivity contribution in [1.82, 2.24) is 20.5 Å². The summed E-state index contributed by atoms with van der Waals surface area (Å²) in [5.41, 5.74) is 1.92. The van der Waals surface area contributed by atoms with E-state index in [-0.39, 0.29) is 0 Å². The number of para-hydroxylation sites is 1. The highest BCUT2D eigenvalue weighted by molar-refractivity contribution is 7.80. The Balaban J connectivity index is 1.52. The Kier molecular flexibility index (Phi) is 4.32. The normalized spacial score (nSPS) is 10.5. The molecule has 0 aliphatic rings. The Hall–Kier alpha value is -2.12. The molecule has 3 aromatic rings. The topological polar surface area (TPSA) is 62.7 Å². The highest BCUT2D eigenvalue weighted by atomic mass is 32.1. The highest BCUT2D eigenvalue weighted by Crippen LogP contribution is 2.25. The Morgan fingerprint density at radius 3 is 2.90 bits per heavy atom. The lowest BCUT2D eigenvalue weighted by Crippen LogP contribution is -2.30. The molecular formula is C14H13N5S2. The summed E-state index contributed by atoms with van der Waals surface area (Å²) in [6, 6.07) is 11.8. The van der Waals surface area contributed by atoms with Crippen molar-refractivity contribution in [3.8, 4) is 0 Å². The molecule has 2 N–H and O–H groups in total. The minimum atomic E-state index is 0.568. The predicted octanol–water partition coefficient (Wildman–Crippen LogP) is 2.62. The van der Waals surface area contributed by atoms with Crippen LogP contribution in [0.3, 0.4) is 0 Å². The first-order valence-electron chi connectivity index (χ1n) is 6.48. The number of thiocarbonyl (C=S) groups is 1. The van der Waals surface area contributed by atoms with Crippen molar-refractivity contribution >= 4 is 44.0 Å². The number of benzene rings is 1. The number of nitrogens with zero attached hydrogens (tertiary/aromatic N) is 3. The van der Waals surface area contributed by atoms with Crippen molar-refractivity contribution in [3.63, 3.8) is 0 Å². The fourth-order valence-electron chi connectivity index (χ4n) is 1.84. The third kappa shape index (κ3) is 3.71. The molecule has 0 unspecified atom stereocenters. The lowest BCUT2D eigenvalue weighted by atomic mass is 10.3. The van der Waals surface area contributed by atoms with Crippen molar-refractivity contribution in [1.29, 1.82) is 0 Å². The van der Waals surface area contributed by atoms with E-state index in [2.05, 4.69) is 25.8 Å². The van der Waals surface area contributed by atoms with Crippen LogP contribution in [0.2, 0.25) is 0 Å². The van der Waals surface area contributed by atoms with Crippen molar-refractivity contribution in [2.24, 2.45) is 0 Å². The smallest absolute Gasteiger partial charge is 0.190 e. The first-order valence-corrected chi connectivity index (χ1v) is 7.71. The minimum Gasteiger partial charge on any atom is -0.362 e. The maximum absolute atomic E-state index is 5.26. The van der Waals surface area contributed by atoms with Crippen molar-refractivity contribution in [2.75, 3.05) is 11.9 Å². The average molecular weight is 315 g/mol. The highest BCUT2D eigenvalue weighted by Gasteiger charge is 2.04. The number of fused-ring (bicyclic) bond motifs is 1. The van der Waals surface area contributed by atoms with Crippen LogP contribution in [0.15, 0.2) is 42.6 Å². The van der Waals surface area contributed by atoms with Gasteiger partial charge in [0.25, 0.3) is 0 Å². The predicted molar refractivity (Wildman–Crippen MR) is 89.6 cm³/mol. The minimum absolute atomic E-state index is 0.568. The van der Waals surface area contributed by atoms with Gasteiger partial charge in [0.1, 0.15) is 0 Å². The molecule has 0 bridgehead atoms. The van der Waals surface area contributed by atoms with E-state index in [1.165, 1.54) is 0 Å². The van der Waals surface area contributed by atoms with E-state index < -0.39 is 0 Å². The van der Waals surface area contributed by atoms with E-state index in [1.54, 1.807) is 17.5 Å². The molecule has 0 atom stereocenters. The molecule has 7 heteroatoms. The maximum Gasteiger partial charge on any atom is 0.190 e. The molecule has 1 aromatic carbocycles. The van der Waals surface area contributed by atoms with Gasteiger partial charge in [-0.25, -0.2) is 4.98 Å². The van der Waals surface area contributed by atoms with Crippen LogP contribution in [0.5, 0.6) is 0 Å². The van der Waals surface area contributed by atoms with Gasteiger partial charge in [-0.3, -0.25) is 0 Å². The van der Waals surface area contributed by atoms with Crippen molar-refractivity contribution in [3.05, 3.63) is 48.3 Å². The van der Waals surface area contributed by atoms with Crippen LogP contribution in [-0.4, -0.2) is 26.8 Å².